The van der Waals surface area contributed by atoms with Crippen LogP contribution < -0.4 is 8.61 Å². The van der Waals surface area contributed by atoms with Gasteiger partial charge in [0.1, 0.15) is 5.82 Å². The maximum Gasteiger partial charge on any atom is 0.326 e. The Morgan fingerprint density at radius 2 is 1.97 bits per heavy atom. The first kappa shape index (κ1) is 20.7. The van der Waals surface area contributed by atoms with Gasteiger partial charge in [-0.25, -0.2) is 8.70 Å². The van der Waals surface area contributed by atoms with Crippen molar-refractivity contribution in [3.63, 3.8) is 0 Å². The van der Waals surface area contributed by atoms with Crippen LogP contribution in [0.25, 0.3) is 16.5 Å². The highest BCUT2D eigenvalue weighted by molar-refractivity contribution is 7.94. The van der Waals surface area contributed by atoms with Gasteiger partial charge in [0, 0.05) is 55.4 Å². The lowest BCUT2D eigenvalue weighted by Gasteiger charge is -2.29. The molecule has 0 aliphatic carbocycles. The standard InChI is InChI=1S/C25H27FN4O2S/c1-17-13-19-3-2-8-30-25(19)24(14-17)29(33(30,31)32)12-11-28-9-6-18(7-10-28)22-16-27-23-15-20(26)4-5-21(22)23/h4-6,13-16,27H,2-3,7-12H2,1H3. The molecule has 0 saturated carbocycles. The average Bonchev–Trinajstić information content (AvgIpc) is 3.30. The van der Waals surface area contributed by atoms with Gasteiger partial charge >= 0.3 is 10.2 Å². The molecule has 6 nitrogen and oxygen atoms in total. The van der Waals surface area contributed by atoms with Crippen LogP contribution in [-0.4, -0.2) is 51.0 Å². The van der Waals surface area contributed by atoms with Crippen molar-refractivity contribution >= 4 is 38.1 Å². The fourth-order valence-corrected chi connectivity index (χ4v) is 7.23. The highest BCUT2D eigenvalue weighted by Crippen LogP contribution is 2.46. The van der Waals surface area contributed by atoms with E-state index in [0.29, 0.717) is 19.6 Å². The first-order valence-corrected chi connectivity index (χ1v) is 12.9. The molecule has 0 bridgehead atoms. The van der Waals surface area contributed by atoms with Gasteiger partial charge < -0.3 is 4.98 Å². The molecule has 2 aromatic carbocycles. The van der Waals surface area contributed by atoms with Crippen LogP contribution in [0.1, 0.15) is 29.5 Å². The Bertz CT molecular complexity index is 1390. The summed E-state index contributed by atoms with van der Waals surface area (Å²) >= 11 is 0. The number of halogens is 1. The third-order valence-corrected chi connectivity index (χ3v) is 8.96. The molecule has 3 aliphatic heterocycles. The van der Waals surface area contributed by atoms with E-state index in [0.717, 1.165) is 71.3 Å². The van der Waals surface area contributed by atoms with Gasteiger partial charge in [-0.05, 0) is 67.2 Å². The summed E-state index contributed by atoms with van der Waals surface area (Å²) in [6, 6.07) is 8.98. The number of hydrogen-bond donors (Lipinski definition) is 1. The van der Waals surface area contributed by atoms with Crippen molar-refractivity contribution in [2.75, 3.05) is 41.3 Å². The zero-order valence-corrected chi connectivity index (χ0v) is 19.5. The van der Waals surface area contributed by atoms with E-state index in [2.05, 4.69) is 22.0 Å². The summed E-state index contributed by atoms with van der Waals surface area (Å²) in [5.74, 6) is -0.241. The van der Waals surface area contributed by atoms with Crippen LogP contribution in [0.4, 0.5) is 15.8 Å². The number of aromatic nitrogens is 1. The second-order valence-electron chi connectivity index (χ2n) is 9.22. The van der Waals surface area contributed by atoms with Gasteiger partial charge in [0.15, 0.2) is 0 Å². The van der Waals surface area contributed by atoms with Gasteiger partial charge in [-0.2, -0.15) is 8.42 Å². The maximum atomic E-state index is 13.5. The topological polar surface area (TPSA) is 59.7 Å². The van der Waals surface area contributed by atoms with E-state index in [1.807, 2.05) is 25.3 Å². The first-order chi connectivity index (χ1) is 15.9. The number of nitrogens with zero attached hydrogens (tertiary/aromatic N) is 3. The van der Waals surface area contributed by atoms with E-state index in [1.54, 1.807) is 8.61 Å². The molecule has 1 N–H and O–H groups in total. The van der Waals surface area contributed by atoms with Crippen LogP contribution in [0, 0.1) is 12.7 Å². The number of rotatable bonds is 4. The lowest BCUT2D eigenvalue weighted by atomic mass is 9.99. The summed E-state index contributed by atoms with van der Waals surface area (Å²) in [5.41, 5.74) is 7.16. The number of anilines is 2. The highest BCUT2D eigenvalue weighted by atomic mass is 32.2. The second kappa shape index (κ2) is 7.60. The molecule has 0 unspecified atom stereocenters. The molecule has 0 amide bonds. The summed E-state index contributed by atoms with van der Waals surface area (Å²) in [6.45, 7) is 5.36. The molecule has 172 valence electrons. The Balaban J connectivity index is 1.19. The molecule has 0 saturated heterocycles. The summed E-state index contributed by atoms with van der Waals surface area (Å²) < 4.78 is 43.3. The number of aromatic amines is 1. The first-order valence-electron chi connectivity index (χ1n) is 11.5. The second-order valence-corrected chi connectivity index (χ2v) is 11.0. The minimum Gasteiger partial charge on any atom is -0.360 e. The Morgan fingerprint density at radius 1 is 1.09 bits per heavy atom. The minimum atomic E-state index is -3.51. The predicted molar refractivity (Wildman–Crippen MR) is 130 cm³/mol. The van der Waals surface area contributed by atoms with E-state index >= 15 is 0 Å². The molecule has 0 spiro atoms. The van der Waals surface area contributed by atoms with Crippen LogP contribution >= 0.6 is 0 Å². The van der Waals surface area contributed by atoms with Crippen molar-refractivity contribution in [2.45, 2.75) is 26.2 Å². The van der Waals surface area contributed by atoms with Crippen molar-refractivity contribution in [1.82, 2.24) is 9.88 Å². The minimum absolute atomic E-state index is 0.241. The highest BCUT2D eigenvalue weighted by Gasteiger charge is 2.43. The number of hydrogen-bond acceptors (Lipinski definition) is 3. The van der Waals surface area contributed by atoms with Gasteiger partial charge in [0.25, 0.3) is 0 Å². The lowest BCUT2D eigenvalue weighted by molar-refractivity contribution is 0.311. The van der Waals surface area contributed by atoms with E-state index in [4.69, 9.17) is 0 Å². The van der Waals surface area contributed by atoms with Gasteiger partial charge in [-0.1, -0.05) is 12.1 Å². The van der Waals surface area contributed by atoms with Crippen molar-refractivity contribution in [2.24, 2.45) is 0 Å². The number of benzene rings is 2. The smallest absolute Gasteiger partial charge is 0.326 e. The fraction of sp³-hybridized carbons (Fsp3) is 0.360. The van der Waals surface area contributed by atoms with Crippen molar-refractivity contribution in [1.29, 1.82) is 0 Å². The Hall–Kier alpha value is -2.84. The number of nitrogens with one attached hydrogen (secondary N) is 1. The van der Waals surface area contributed by atoms with Crippen LogP contribution in [0.2, 0.25) is 0 Å². The van der Waals surface area contributed by atoms with Gasteiger partial charge in [0.05, 0.1) is 11.4 Å². The van der Waals surface area contributed by atoms with Gasteiger partial charge in [0.2, 0.25) is 0 Å². The molecule has 1 aromatic heterocycles. The number of fused-ring (bicyclic) bond motifs is 1. The summed E-state index contributed by atoms with van der Waals surface area (Å²) in [4.78, 5) is 5.47. The third-order valence-electron chi connectivity index (χ3n) is 7.10. The summed E-state index contributed by atoms with van der Waals surface area (Å²) in [7, 11) is -3.51. The summed E-state index contributed by atoms with van der Waals surface area (Å²) in [6.07, 6.45) is 6.84. The van der Waals surface area contributed by atoms with Crippen molar-refractivity contribution in [3.05, 3.63) is 65.1 Å². The molecule has 8 heteroatoms. The van der Waals surface area contributed by atoms with Gasteiger partial charge in [-0.3, -0.25) is 9.21 Å². The Labute approximate surface area is 193 Å². The number of H-pyrrole nitrogens is 1. The zero-order valence-electron chi connectivity index (χ0n) is 18.6. The zero-order chi connectivity index (χ0) is 22.7. The van der Waals surface area contributed by atoms with Crippen molar-refractivity contribution < 1.29 is 12.8 Å². The predicted octanol–water partition coefficient (Wildman–Crippen LogP) is 4.22. The van der Waals surface area contributed by atoms with E-state index < -0.39 is 10.2 Å². The number of aryl methyl sites for hydroxylation is 2. The molecule has 3 aliphatic rings. The monoisotopic (exact) mass is 466 g/mol. The van der Waals surface area contributed by atoms with Crippen LogP contribution in [0.5, 0.6) is 0 Å². The molecular formula is C25H27FN4O2S. The molecular weight excluding hydrogens is 439 g/mol. The normalized spacial score (nSPS) is 19.8. The molecule has 0 atom stereocenters. The van der Waals surface area contributed by atoms with Crippen LogP contribution in [0.3, 0.4) is 0 Å². The Morgan fingerprint density at radius 3 is 2.79 bits per heavy atom. The molecule has 33 heavy (non-hydrogen) atoms. The van der Waals surface area contributed by atoms with E-state index in [9.17, 15) is 12.8 Å². The molecule has 0 radical (unpaired) electrons. The SMILES string of the molecule is Cc1cc2c3c(c1)N(CCN1CC=C(c4c[nH]c5cc(F)ccc45)CC1)S(=O)(=O)N3CCC2. The van der Waals surface area contributed by atoms with E-state index in [1.165, 1.54) is 17.7 Å². The molecule has 0 fully saturated rings. The maximum absolute atomic E-state index is 13.5. The lowest BCUT2D eigenvalue weighted by Crippen LogP contribution is -2.43. The molecule has 6 rings (SSSR count). The Kier molecular flexibility index (Phi) is 4.78. The van der Waals surface area contributed by atoms with Crippen molar-refractivity contribution in [3.8, 4) is 0 Å². The fourth-order valence-electron chi connectivity index (χ4n) is 5.49. The summed E-state index contributed by atoms with van der Waals surface area (Å²) in [5, 5.41) is 1.03. The van der Waals surface area contributed by atoms with E-state index in [-0.39, 0.29) is 5.82 Å². The van der Waals surface area contributed by atoms with Crippen LogP contribution in [0.15, 0.2) is 42.6 Å². The third kappa shape index (κ3) is 3.35. The van der Waals surface area contributed by atoms with Crippen LogP contribution in [-0.2, 0) is 16.6 Å². The average molecular weight is 467 g/mol. The van der Waals surface area contributed by atoms with Gasteiger partial charge in [-0.15, -0.1) is 0 Å². The molecule has 4 heterocycles. The largest absolute Gasteiger partial charge is 0.360 e. The quantitative estimate of drug-likeness (QED) is 0.626. The molecule has 3 aromatic rings.